The van der Waals surface area contributed by atoms with Crippen LogP contribution in [0.25, 0.3) is 0 Å². The molecule has 1 aromatic carbocycles. The molecule has 0 fully saturated rings. The van der Waals surface area contributed by atoms with Gasteiger partial charge in [-0.05, 0) is 18.9 Å². The van der Waals surface area contributed by atoms with Crippen molar-refractivity contribution in [2.75, 3.05) is 0 Å². The maximum atomic E-state index is 12.2. The van der Waals surface area contributed by atoms with Gasteiger partial charge in [0.15, 0.2) is 5.78 Å². The monoisotopic (exact) mass is 326 g/mol. The molecule has 106 valence electrons. The summed E-state index contributed by atoms with van der Waals surface area (Å²) in [6.07, 6.45) is 4.00. The highest BCUT2D eigenvalue weighted by atomic mass is 79.9. The normalized spacial score (nSPS) is 15.8. The number of benzene rings is 1. The number of aliphatic hydroxyl groups excluding tert-OH is 1. The molecule has 0 spiro atoms. The van der Waals surface area contributed by atoms with E-state index < -0.39 is 10.4 Å². The van der Waals surface area contributed by atoms with Crippen LogP contribution in [0.3, 0.4) is 0 Å². The molecule has 0 unspecified atom stereocenters. The molecule has 0 aliphatic rings. The molecule has 0 saturated carbocycles. The zero-order valence-electron chi connectivity index (χ0n) is 11.7. The summed E-state index contributed by atoms with van der Waals surface area (Å²) in [5.74, 6) is 0.0694. The predicted octanol–water partition coefficient (Wildman–Crippen LogP) is 4.41. The Bertz CT molecular complexity index is 387. The molecule has 0 heterocycles. The summed E-state index contributed by atoms with van der Waals surface area (Å²) in [6.45, 7) is 3.91. The van der Waals surface area contributed by atoms with Crippen molar-refractivity contribution in [1.82, 2.24) is 0 Å². The highest BCUT2D eigenvalue weighted by molar-refractivity contribution is 9.10. The van der Waals surface area contributed by atoms with Crippen LogP contribution >= 0.6 is 15.9 Å². The number of aliphatic hydroxyl groups is 1. The fraction of sp³-hybridized carbons (Fsp3) is 0.562. The van der Waals surface area contributed by atoms with Gasteiger partial charge in [0.25, 0.3) is 0 Å². The molecule has 1 N–H and O–H groups in total. The summed E-state index contributed by atoms with van der Waals surface area (Å²) in [4.78, 5) is 12.2. The van der Waals surface area contributed by atoms with E-state index in [2.05, 4.69) is 22.9 Å². The second-order valence-corrected chi connectivity index (χ2v) is 6.77. The van der Waals surface area contributed by atoms with E-state index in [1.54, 1.807) is 6.92 Å². The number of Topliss-reactive ketones (excluding diaryl/α,β-unsaturated/α-hetero) is 1. The maximum absolute atomic E-state index is 12.2. The molecular formula is C16H23BrO2. The van der Waals surface area contributed by atoms with Gasteiger partial charge in [-0.2, -0.15) is 0 Å². The quantitative estimate of drug-likeness (QED) is 0.567. The van der Waals surface area contributed by atoms with Crippen LogP contribution in [0.2, 0.25) is 0 Å². The second-order valence-electron chi connectivity index (χ2n) is 5.12. The molecule has 0 bridgehead atoms. The van der Waals surface area contributed by atoms with Crippen molar-refractivity contribution >= 4 is 21.7 Å². The summed E-state index contributed by atoms with van der Waals surface area (Å²) < 4.78 is -0.902. The molecule has 19 heavy (non-hydrogen) atoms. The minimum Gasteiger partial charge on any atom is -0.386 e. The van der Waals surface area contributed by atoms with E-state index in [0.717, 1.165) is 31.2 Å². The van der Waals surface area contributed by atoms with Gasteiger partial charge < -0.3 is 5.11 Å². The number of hydrogen-bond donors (Lipinski definition) is 1. The molecule has 0 aromatic heterocycles. The molecule has 0 radical (unpaired) electrons. The zero-order valence-corrected chi connectivity index (χ0v) is 13.3. The summed E-state index contributed by atoms with van der Waals surface area (Å²) in [5, 5.41) is 10.4. The molecule has 0 saturated heterocycles. The number of ketones is 1. The van der Waals surface area contributed by atoms with Crippen molar-refractivity contribution in [3.05, 3.63) is 35.9 Å². The van der Waals surface area contributed by atoms with Crippen LogP contribution in [0.15, 0.2) is 30.3 Å². The lowest BCUT2D eigenvalue weighted by molar-refractivity contribution is -0.123. The number of carbonyl (C=O) groups is 1. The van der Waals surface area contributed by atoms with Gasteiger partial charge in [-0.1, -0.05) is 72.4 Å². The van der Waals surface area contributed by atoms with Crippen molar-refractivity contribution in [2.45, 2.75) is 56.4 Å². The van der Waals surface area contributed by atoms with E-state index in [0.29, 0.717) is 6.42 Å². The van der Waals surface area contributed by atoms with Gasteiger partial charge >= 0.3 is 0 Å². The van der Waals surface area contributed by atoms with E-state index in [-0.39, 0.29) is 5.78 Å². The van der Waals surface area contributed by atoms with Crippen molar-refractivity contribution in [1.29, 1.82) is 0 Å². The average molecular weight is 327 g/mol. The number of unbranched alkanes of at least 4 members (excludes halogenated alkanes) is 3. The van der Waals surface area contributed by atoms with Gasteiger partial charge in [-0.25, -0.2) is 0 Å². The van der Waals surface area contributed by atoms with Crippen molar-refractivity contribution in [3.8, 4) is 0 Å². The minimum absolute atomic E-state index is 0.0694. The van der Waals surface area contributed by atoms with Gasteiger partial charge in [0.1, 0.15) is 10.4 Å². The highest BCUT2D eigenvalue weighted by Gasteiger charge is 2.37. The molecule has 2 atom stereocenters. The van der Waals surface area contributed by atoms with Crippen molar-refractivity contribution < 1.29 is 9.90 Å². The lowest BCUT2D eigenvalue weighted by Gasteiger charge is -2.27. The smallest absolute Gasteiger partial charge is 0.152 e. The van der Waals surface area contributed by atoms with Gasteiger partial charge in [0.05, 0.1) is 0 Å². The summed E-state index contributed by atoms with van der Waals surface area (Å²) in [6, 6.07) is 9.32. The number of carbonyl (C=O) groups excluding carboxylic acids is 1. The van der Waals surface area contributed by atoms with Crippen molar-refractivity contribution in [2.24, 2.45) is 0 Å². The van der Waals surface area contributed by atoms with Crippen LogP contribution in [-0.4, -0.2) is 15.2 Å². The Morgan fingerprint density at radius 1 is 1.26 bits per heavy atom. The highest BCUT2D eigenvalue weighted by Crippen LogP contribution is 2.35. The number of rotatable bonds is 8. The van der Waals surface area contributed by atoms with Crippen LogP contribution in [0, 0.1) is 0 Å². The average Bonchev–Trinajstić information content (AvgIpc) is 2.43. The van der Waals surface area contributed by atoms with Crippen LogP contribution in [0.4, 0.5) is 0 Å². The minimum atomic E-state index is -0.902. The zero-order chi connectivity index (χ0) is 14.3. The first-order valence-electron chi connectivity index (χ1n) is 6.95. The largest absolute Gasteiger partial charge is 0.386 e. The Morgan fingerprint density at radius 3 is 2.47 bits per heavy atom. The summed E-state index contributed by atoms with van der Waals surface area (Å²) >= 11 is 3.42. The first-order chi connectivity index (χ1) is 9.00. The molecule has 2 nitrogen and oxygen atoms in total. The third-order valence-corrected chi connectivity index (χ3v) is 4.31. The van der Waals surface area contributed by atoms with E-state index in [4.69, 9.17) is 0 Å². The lowest BCUT2D eigenvalue weighted by Crippen LogP contribution is -2.35. The SMILES string of the molecule is CCCCCCC(=O)[C@](C)(Br)[C@H](O)c1ccccc1. The van der Waals surface area contributed by atoms with Gasteiger partial charge in [-0.15, -0.1) is 0 Å². The van der Waals surface area contributed by atoms with E-state index in [9.17, 15) is 9.90 Å². The van der Waals surface area contributed by atoms with Crippen molar-refractivity contribution in [3.63, 3.8) is 0 Å². The molecule has 3 heteroatoms. The van der Waals surface area contributed by atoms with Crippen LogP contribution < -0.4 is 0 Å². The Hall–Kier alpha value is -0.670. The predicted molar refractivity (Wildman–Crippen MR) is 82.5 cm³/mol. The van der Waals surface area contributed by atoms with Crippen LogP contribution in [-0.2, 0) is 4.79 Å². The Labute approximate surface area is 124 Å². The standard InChI is InChI=1S/C16H23BrO2/c1-3-4-5-9-12-14(18)16(2,17)15(19)13-10-7-6-8-11-13/h6-8,10-11,15,19H,3-5,9,12H2,1-2H3/t15-,16+/m1/s1. The molecular weight excluding hydrogens is 304 g/mol. The van der Waals surface area contributed by atoms with E-state index in [1.165, 1.54) is 0 Å². The van der Waals surface area contributed by atoms with E-state index in [1.807, 2.05) is 30.3 Å². The fourth-order valence-corrected chi connectivity index (χ4v) is 2.52. The van der Waals surface area contributed by atoms with Gasteiger partial charge in [-0.3, -0.25) is 4.79 Å². The van der Waals surface area contributed by atoms with Gasteiger partial charge in [0.2, 0.25) is 0 Å². The first-order valence-corrected chi connectivity index (χ1v) is 7.74. The van der Waals surface area contributed by atoms with Crippen LogP contribution in [0.1, 0.15) is 57.6 Å². The number of halogens is 1. The summed E-state index contributed by atoms with van der Waals surface area (Å²) in [7, 11) is 0. The van der Waals surface area contributed by atoms with E-state index >= 15 is 0 Å². The number of alkyl halides is 1. The fourth-order valence-electron chi connectivity index (χ4n) is 2.06. The summed E-state index contributed by atoms with van der Waals surface area (Å²) in [5.41, 5.74) is 0.767. The topological polar surface area (TPSA) is 37.3 Å². The number of hydrogen-bond acceptors (Lipinski definition) is 2. The Kier molecular flexibility index (Phi) is 6.73. The second kappa shape index (κ2) is 7.81. The van der Waals surface area contributed by atoms with Crippen LogP contribution in [0.5, 0.6) is 0 Å². The molecule has 1 aromatic rings. The third kappa shape index (κ3) is 4.73. The third-order valence-electron chi connectivity index (χ3n) is 3.43. The molecule has 0 aliphatic heterocycles. The molecule has 0 amide bonds. The van der Waals surface area contributed by atoms with Gasteiger partial charge in [0, 0.05) is 6.42 Å². The Balaban J connectivity index is 2.61. The molecule has 0 aliphatic carbocycles. The Morgan fingerprint density at radius 2 is 1.89 bits per heavy atom. The first kappa shape index (κ1) is 16.4. The maximum Gasteiger partial charge on any atom is 0.152 e. The molecule has 1 rings (SSSR count). The lowest BCUT2D eigenvalue weighted by atomic mass is 9.91.